The maximum Gasteiger partial charge on any atom is 0.104 e. The van der Waals surface area contributed by atoms with Gasteiger partial charge < -0.3 is 0 Å². The average Bonchev–Trinajstić information content (AvgIpc) is 2.00. The smallest absolute Gasteiger partial charge is 0.0613 e. The predicted molar refractivity (Wildman–Crippen MR) is 52.5 cm³/mol. The van der Waals surface area contributed by atoms with Crippen LogP contribution in [0.4, 0.5) is 0 Å². The highest BCUT2D eigenvalue weighted by Crippen LogP contribution is 2.37. The molecular formula is C11H23+. The molecule has 0 heteroatoms. The van der Waals surface area contributed by atoms with Crippen LogP contribution in [0.3, 0.4) is 0 Å². The molecule has 11 heavy (non-hydrogen) atoms. The number of hydrogen-bond acceptors (Lipinski definition) is 0. The van der Waals surface area contributed by atoms with Crippen LogP contribution in [0, 0.1) is 11.3 Å². The lowest BCUT2D eigenvalue weighted by molar-refractivity contribution is 0.335. The maximum atomic E-state index is 2.36. The molecule has 0 aliphatic rings. The van der Waals surface area contributed by atoms with Crippen LogP contribution in [-0.4, -0.2) is 0 Å². The topological polar surface area (TPSA) is 0 Å². The van der Waals surface area contributed by atoms with Crippen molar-refractivity contribution in [1.29, 1.82) is 0 Å². The summed E-state index contributed by atoms with van der Waals surface area (Å²) in [5.74, 6) is 1.74. The monoisotopic (exact) mass is 155 g/mol. The Morgan fingerprint density at radius 3 is 1.91 bits per heavy atom. The molecule has 0 aliphatic carbocycles. The van der Waals surface area contributed by atoms with Gasteiger partial charge in [0, 0.05) is 0 Å². The Morgan fingerprint density at radius 1 is 1.09 bits per heavy atom. The zero-order chi connectivity index (χ0) is 8.91. The fourth-order valence-corrected chi connectivity index (χ4v) is 1.55. The molecule has 0 spiro atoms. The minimum Gasteiger partial charge on any atom is -0.0613 e. The van der Waals surface area contributed by atoms with Crippen molar-refractivity contribution >= 4 is 0 Å². The second-order valence-electron chi connectivity index (χ2n) is 3.94. The summed E-state index contributed by atoms with van der Waals surface area (Å²) in [4.78, 5) is 0. The standard InChI is InChI=1S/C11H23/c1-6-9-10(7-2)11(4,5)8-3/h6-9H2,1-5H3/q+1. The van der Waals surface area contributed by atoms with Gasteiger partial charge in [0.2, 0.25) is 0 Å². The van der Waals surface area contributed by atoms with Crippen LogP contribution >= 0.6 is 0 Å². The molecule has 0 radical (unpaired) electrons. The van der Waals surface area contributed by atoms with E-state index in [1.165, 1.54) is 25.7 Å². The van der Waals surface area contributed by atoms with Gasteiger partial charge in [0.05, 0.1) is 18.8 Å². The molecule has 0 atom stereocenters. The normalized spacial score (nSPS) is 11.7. The number of rotatable bonds is 5. The average molecular weight is 155 g/mol. The van der Waals surface area contributed by atoms with Gasteiger partial charge in [-0.1, -0.05) is 13.8 Å². The third-order valence-corrected chi connectivity index (χ3v) is 2.82. The molecule has 0 saturated heterocycles. The van der Waals surface area contributed by atoms with Crippen LogP contribution in [0.15, 0.2) is 0 Å². The third-order valence-electron chi connectivity index (χ3n) is 2.82. The van der Waals surface area contributed by atoms with E-state index in [1.54, 1.807) is 5.92 Å². The van der Waals surface area contributed by atoms with Crippen molar-refractivity contribution in [2.75, 3.05) is 0 Å². The van der Waals surface area contributed by atoms with Gasteiger partial charge in [0.25, 0.3) is 0 Å². The fourth-order valence-electron chi connectivity index (χ4n) is 1.55. The lowest BCUT2D eigenvalue weighted by atomic mass is 9.73. The first-order valence-electron chi connectivity index (χ1n) is 4.93. The van der Waals surface area contributed by atoms with Crippen LogP contribution in [0.1, 0.15) is 60.3 Å². The van der Waals surface area contributed by atoms with E-state index in [9.17, 15) is 0 Å². The molecule has 0 aliphatic heterocycles. The zero-order valence-electron chi connectivity index (χ0n) is 8.83. The first-order valence-corrected chi connectivity index (χ1v) is 4.93. The summed E-state index contributed by atoms with van der Waals surface area (Å²) >= 11 is 0. The van der Waals surface area contributed by atoms with Crippen molar-refractivity contribution in [1.82, 2.24) is 0 Å². The molecule has 66 valence electrons. The summed E-state index contributed by atoms with van der Waals surface area (Å²) in [6.07, 6.45) is 5.15. The van der Waals surface area contributed by atoms with Gasteiger partial charge in [0.15, 0.2) is 0 Å². The van der Waals surface area contributed by atoms with Gasteiger partial charge in [-0.05, 0) is 33.6 Å². The van der Waals surface area contributed by atoms with E-state index in [-0.39, 0.29) is 0 Å². The highest BCUT2D eigenvalue weighted by atomic mass is 14.3. The van der Waals surface area contributed by atoms with Gasteiger partial charge in [-0.2, -0.15) is 0 Å². The van der Waals surface area contributed by atoms with Crippen molar-refractivity contribution in [3.63, 3.8) is 0 Å². The zero-order valence-corrected chi connectivity index (χ0v) is 8.83. The summed E-state index contributed by atoms with van der Waals surface area (Å²) in [5, 5.41) is 0. The van der Waals surface area contributed by atoms with Gasteiger partial charge in [-0.15, -0.1) is 0 Å². The predicted octanol–water partition coefficient (Wildman–Crippen LogP) is 4.21. The van der Waals surface area contributed by atoms with Gasteiger partial charge >= 0.3 is 0 Å². The Hall–Kier alpha value is -0.130. The van der Waals surface area contributed by atoms with Crippen LogP contribution in [0.25, 0.3) is 0 Å². The van der Waals surface area contributed by atoms with Crippen LogP contribution in [0.5, 0.6) is 0 Å². The summed E-state index contributed by atoms with van der Waals surface area (Å²) < 4.78 is 0. The molecule has 0 bridgehead atoms. The van der Waals surface area contributed by atoms with Crippen molar-refractivity contribution in [2.24, 2.45) is 5.41 Å². The highest BCUT2D eigenvalue weighted by molar-refractivity contribution is 5.00. The van der Waals surface area contributed by atoms with E-state index >= 15 is 0 Å². The van der Waals surface area contributed by atoms with E-state index in [0.29, 0.717) is 5.41 Å². The Kier molecular flexibility index (Phi) is 4.63. The van der Waals surface area contributed by atoms with E-state index in [0.717, 1.165) is 0 Å². The molecule has 0 aromatic carbocycles. The molecule has 0 unspecified atom stereocenters. The first-order chi connectivity index (χ1) is 5.08. The first kappa shape index (κ1) is 10.9. The molecule has 0 amide bonds. The quantitative estimate of drug-likeness (QED) is 0.522. The van der Waals surface area contributed by atoms with Crippen molar-refractivity contribution in [3.8, 4) is 0 Å². The third kappa shape index (κ3) is 3.18. The van der Waals surface area contributed by atoms with Crippen LogP contribution in [0.2, 0.25) is 0 Å². The lowest BCUT2D eigenvalue weighted by Crippen LogP contribution is -2.20. The molecule has 0 fully saturated rings. The second kappa shape index (κ2) is 4.69. The molecule has 0 saturated carbocycles. The molecule has 0 aromatic rings. The van der Waals surface area contributed by atoms with E-state index in [4.69, 9.17) is 0 Å². The number of hydrogen-bond donors (Lipinski definition) is 0. The maximum absolute atomic E-state index is 2.36. The van der Waals surface area contributed by atoms with Crippen molar-refractivity contribution < 1.29 is 0 Å². The van der Waals surface area contributed by atoms with E-state index in [2.05, 4.69) is 34.6 Å². The molecular weight excluding hydrogens is 132 g/mol. The summed E-state index contributed by atoms with van der Waals surface area (Å²) in [6.45, 7) is 11.6. The molecule has 0 heterocycles. The summed E-state index contributed by atoms with van der Waals surface area (Å²) in [6, 6.07) is 0. The molecule has 0 rings (SSSR count). The SMILES string of the molecule is CCC[C+](CC)C(C)(C)CC. The van der Waals surface area contributed by atoms with Gasteiger partial charge in [-0.3, -0.25) is 0 Å². The Bertz CT molecular complexity index is 92.2. The Morgan fingerprint density at radius 2 is 1.64 bits per heavy atom. The Labute approximate surface area is 72.4 Å². The Balaban J connectivity index is 3.99. The van der Waals surface area contributed by atoms with Crippen molar-refractivity contribution in [3.05, 3.63) is 5.92 Å². The molecule has 0 N–H and O–H groups in total. The lowest BCUT2D eigenvalue weighted by Gasteiger charge is -2.22. The highest BCUT2D eigenvalue weighted by Gasteiger charge is 2.35. The second-order valence-corrected chi connectivity index (χ2v) is 3.94. The molecule has 0 aromatic heterocycles. The summed E-state index contributed by atoms with van der Waals surface area (Å²) in [7, 11) is 0. The molecule has 0 nitrogen and oxygen atoms in total. The minimum atomic E-state index is 0.477. The van der Waals surface area contributed by atoms with Crippen molar-refractivity contribution in [2.45, 2.75) is 60.3 Å². The summed E-state index contributed by atoms with van der Waals surface area (Å²) in [5.41, 5.74) is 0.477. The van der Waals surface area contributed by atoms with E-state index < -0.39 is 0 Å². The largest absolute Gasteiger partial charge is 0.104 e. The van der Waals surface area contributed by atoms with Gasteiger partial charge in [0.1, 0.15) is 5.41 Å². The van der Waals surface area contributed by atoms with E-state index in [1.807, 2.05) is 0 Å². The van der Waals surface area contributed by atoms with Crippen LogP contribution < -0.4 is 0 Å². The fraction of sp³-hybridized carbons (Fsp3) is 0.909. The van der Waals surface area contributed by atoms with Crippen LogP contribution in [-0.2, 0) is 0 Å². The van der Waals surface area contributed by atoms with Gasteiger partial charge in [-0.25, -0.2) is 0 Å². The minimum absolute atomic E-state index is 0.477.